The van der Waals surface area contributed by atoms with E-state index in [1.54, 1.807) is 29.2 Å². The maximum absolute atomic E-state index is 13.8. The van der Waals surface area contributed by atoms with Gasteiger partial charge >= 0.3 is 0 Å². The van der Waals surface area contributed by atoms with E-state index >= 15 is 0 Å². The second-order valence-corrected chi connectivity index (χ2v) is 10.4. The van der Waals surface area contributed by atoms with Gasteiger partial charge in [-0.3, -0.25) is 14.2 Å². The summed E-state index contributed by atoms with van der Waals surface area (Å²) in [7, 11) is 1.61. The molecule has 2 aromatic heterocycles. The van der Waals surface area contributed by atoms with Crippen LogP contribution in [0.4, 0.5) is 0 Å². The molecule has 37 heavy (non-hydrogen) atoms. The van der Waals surface area contributed by atoms with Crippen LogP contribution in [0.25, 0.3) is 15.9 Å². The van der Waals surface area contributed by atoms with Gasteiger partial charge in [-0.25, -0.2) is 10.4 Å². The summed E-state index contributed by atoms with van der Waals surface area (Å²) in [6.45, 7) is 2.49. The maximum atomic E-state index is 13.8. The van der Waals surface area contributed by atoms with E-state index < -0.39 is 0 Å². The largest absolute Gasteiger partial charge is 0.497 e. The van der Waals surface area contributed by atoms with Gasteiger partial charge in [-0.05, 0) is 85.8 Å². The number of methoxy groups -OCH3 is 1. The zero-order chi connectivity index (χ0) is 25.8. The van der Waals surface area contributed by atoms with E-state index in [0.29, 0.717) is 22.8 Å². The molecule has 2 aromatic carbocycles. The minimum absolute atomic E-state index is 0.0556. The molecule has 0 unspecified atom stereocenters. The Labute approximate surface area is 222 Å². The Morgan fingerprint density at radius 2 is 1.92 bits per heavy atom. The molecule has 0 saturated carbocycles. The molecule has 0 radical (unpaired) electrons. The highest BCUT2D eigenvalue weighted by Gasteiger charge is 2.24. The van der Waals surface area contributed by atoms with Crippen LogP contribution in [0.5, 0.6) is 11.5 Å². The van der Waals surface area contributed by atoms with Crippen molar-refractivity contribution >= 4 is 45.4 Å². The fraction of sp³-hybridized carbons (Fsp3) is 0.259. The van der Waals surface area contributed by atoms with Crippen LogP contribution < -0.4 is 20.5 Å². The van der Waals surface area contributed by atoms with Crippen molar-refractivity contribution in [3.05, 3.63) is 74.9 Å². The van der Waals surface area contributed by atoms with Crippen LogP contribution in [0.1, 0.15) is 29.3 Å². The fourth-order valence-electron chi connectivity index (χ4n) is 4.24. The van der Waals surface area contributed by atoms with E-state index in [1.807, 2.05) is 55.5 Å². The van der Waals surface area contributed by atoms with Gasteiger partial charge < -0.3 is 9.47 Å². The lowest BCUT2D eigenvalue weighted by molar-refractivity contribution is -0.118. The molecular formula is C27H26N4O4S2. The molecule has 0 saturated heterocycles. The summed E-state index contributed by atoms with van der Waals surface area (Å²) in [5.74, 6) is 1.24. The topological polar surface area (TPSA) is 94.8 Å². The van der Waals surface area contributed by atoms with Crippen LogP contribution in [0.2, 0.25) is 0 Å². The lowest BCUT2D eigenvalue weighted by Crippen LogP contribution is -2.24. The molecule has 5 rings (SSSR count). The highest BCUT2D eigenvalue weighted by atomic mass is 32.2. The predicted octanol–water partition coefficient (Wildman–Crippen LogP) is 4.59. The van der Waals surface area contributed by atoms with Crippen LogP contribution in [-0.4, -0.2) is 41.1 Å². The third-order valence-corrected chi connectivity index (χ3v) is 8.09. The van der Waals surface area contributed by atoms with Crippen LogP contribution in [0.3, 0.4) is 0 Å². The Bertz CT molecular complexity index is 1510. The first kappa shape index (κ1) is 25.0. The van der Waals surface area contributed by atoms with Gasteiger partial charge in [-0.2, -0.15) is 5.10 Å². The van der Waals surface area contributed by atoms with Gasteiger partial charge in [0.15, 0.2) is 5.16 Å². The number of benzene rings is 2. The zero-order valence-corrected chi connectivity index (χ0v) is 22.2. The van der Waals surface area contributed by atoms with Gasteiger partial charge in [0, 0.05) is 4.88 Å². The second-order valence-electron chi connectivity index (χ2n) is 8.35. The molecule has 0 spiro atoms. The maximum Gasteiger partial charge on any atom is 0.267 e. The Kier molecular flexibility index (Phi) is 7.57. The quantitative estimate of drug-likeness (QED) is 0.146. The molecule has 0 fully saturated rings. The van der Waals surface area contributed by atoms with Gasteiger partial charge in [0.2, 0.25) is 0 Å². The number of nitrogens with one attached hydrogen (secondary N) is 1. The SMILES string of the molecule is CCOc1ccc(-n2c(SCC(=O)NN=Cc3ccc(OC)cc3)nc3sc4c(c3c2=O)CCC4)cc1. The summed E-state index contributed by atoms with van der Waals surface area (Å²) in [4.78, 5) is 33.1. The van der Waals surface area contributed by atoms with Crippen LogP contribution in [0, 0.1) is 0 Å². The average Bonchev–Trinajstić information content (AvgIpc) is 3.50. The van der Waals surface area contributed by atoms with Crippen molar-refractivity contribution in [2.45, 2.75) is 31.3 Å². The number of ether oxygens (including phenoxy) is 2. The first-order valence-corrected chi connectivity index (χ1v) is 13.8. The minimum Gasteiger partial charge on any atom is -0.497 e. The number of thioether (sulfide) groups is 1. The average molecular weight is 535 g/mol. The molecule has 4 aromatic rings. The fourth-order valence-corrected chi connectivity index (χ4v) is 6.35. The van der Waals surface area contributed by atoms with Gasteiger partial charge in [0.1, 0.15) is 16.3 Å². The van der Waals surface area contributed by atoms with Gasteiger partial charge in [0.25, 0.3) is 11.5 Å². The monoisotopic (exact) mass is 534 g/mol. The number of nitrogens with zero attached hydrogens (tertiary/aromatic N) is 3. The van der Waals surface area contributed by atoms with Gasteiger partial charge in [0.05, 0.1) is 36.8 Å². The highest BCUT2D eigenvalue weighted by Crippen LogP contribution is 2.36. The molecule has 1 aliphatic carbocycles. The van der Waals surface area contributed by atoms with Crippen molar-refractivity contribution in [1.82, 2.24) is 15.0 Å². The summed E-state index contributed by atoms with van der Waals surface area (Å²) < 4.78 is 12.3. The first-order chi connectivity index (χ1) is 18.1. The van der Waals surface area contributed by atoms with E-state index in [-0.39, 0.29) is 17.2 Å². The van der Waals surface area contributed by atoms with Crippen molar-refractivity contribution in [2.24, 2.45) is 5.10 Å². The molecule has 190 valence electrons. The standard InChI is InChI=1S/C27H26N4O4S2/c1-3-35-20-13-9-18(10-14-20)31-26(33)24-21-5-4-6-22(21)37-25(24)29-27(31)36-16-23(32)30-28-15-17-7-11-19(34-2)12-8-17/h7-15H,3-6,16H2,1-2H3,(H,30,32). The van der Waals surface area contributed by atoms with Crippen molar-refractivity contribution in [2.75, 3.05) is 19.5 Å². The number of carbonyl (C=O) groups excluding carboxylic acids is 1. The molecule has 8 nitrogen and oxygen atoms in total. The summed E-state index contributed by atoms with van der Waals surface area (Å²) in [6.07, 6.45) is 4.51. The Balaban J connectivity index is 1.39. The van der Waals surface area contributed by atoms with E-state index in [4.69, 9.17) is 14.5 Å². The molecular weight excluding hydrogens is 508 g/mol. The Morgan fingerprint density at radius 3 is 2.65 bits per heavy atom. The smallest absolute Gasteiger partial charge is 0.267 e. The second kappa shape index (κ2) is 11.2. The number of hydrogen-bond acceptors (Lipinski definition) is 8. The summed E-state index contributed by atoms with van der Waals surface area (Å²) in [6, 6.07) is 14.7. The molecule has 1 aliphatic rings. The molecule has 0 aliphatic heterocycles. The van der Waals surface area contributed by atoms with Crippen molar-refractivity contribution in [1.29, 1.82) is 0 Å². The lowest BCUT2D eigenvalue weighted by Gasteiger charge is -2.13. The third-order valence-electron chi connectivity index (χ3n) is 5.97. The van der Waals surface area contributed by atoms with Crippen molar-refractivity contribution in [3.63, 3.8) is 0 Å². The molecule has 0 bridgehead atoms. The molecule has 1 N–H and O–H groups in total. The number of fused-ring (bicyclic) bond motifs is 3. The van der Waals surface area contributed by atoms with Crippen molar-refractivity contribution < 1.29 is 14.3 Å². The zero-order valence-electron chi connectivity index (χ0n) is 20.5. The van der Waals surface area contributed by atoms with E-state index in [2.05, 4.69) is 10.5 Å². The van der Waals surface area contributed by atoms with E-state index in [0.717, 1.165) is 46.7 Å². The number of amides is 1. The summed E-state index contributed by atoms with van der Waals surface area (Å²) in [5.41, 5.74) is 5.08. The van der Waals surface area contributed by atoms with Crippen LogP contribution in [0.15, 0.2) is 63.6 Å². The summed E-state index contributed by atoms with van der Waals surface area (Å²) in [5, 5.41) is 5.21. The number of hydrazone groups is 1. The van der Waals surface area contributed by atoms with E-state index in [1.165, 1.54) is 16.6 Å². The molecule has 0 atom stereocenters. The highest BCUT2D eigenvalue weighted by molar-refractivity contribution is 7.99. The number of aryl methyl sites for hydroxylation is 2. The molecule has 2 heterocycles. The van der Waals surface area contributed by atoms with Gasteiger partial charge in [-0.15, -0.1) is 11.3 Å². The summed E-state index contributed by atoms with van der Waals surface area (Å²) >= 11 is 2.80. The van der Waals surface area contributed by atoms with Gasteiger partial charge in [-0.1, -0.05) is 11.8 Å². The Morgan fingerprint density at radius 1 is 1.16 bits per heavy atom. The number of rotatable bonds is 9. The number of carbonyl (C=O) groups is 1. The van der Waals surface area contributed by atoms with Crippen LogP contribution in [-0.2, 0) is 17.6 Å². The van der Waals surface area contributed by atoms with Crippen molar-refractivity contribution in [3.8, 4) is 17.2 Å². The number of aromatic nitrogens is 2. The Hall–Kier alpha value is -3.63. The first-order valence-electron chi connectivity index (χ1n) is 12.0. The number of hydrogen-bond donors (Lipinski definition) is 1. The third kappa shape index (κ3) is 5.40. The predicted molar refractivity (Wildman–Crippen MR) is 148 cm³/mol. The van der Waals surface area contributed by atoms with E-state index in [9.17, 15) is 9.59 Å². The molecule has 10 heteroatoms. The molecule has 1 amide bonds. The lowest BCUT2D eigenvalue weighted by atomic mass is 10.2. The van der Waals surface area contributed by atoms with Crippen LogP contribution >= 0.6 is 23.1 Å². The minimum atomic E-state index is -0.295. The number of thiophene rings is 1. The normalized spacial score (nSPS) is 12.7.